The quantitative estimate of drug-likeness (QED) is 0.893. The first-order valence-corrected chi connectivity index (χ1v) is 8.79. The number of nitrogens with zero attached hydrogens (tertiary/aromatic N) is 1. The zero-order valence-electron chi connectivity index (χ0n) is 14.8. The number of aryl methyl sites for hydroxylation is 1. The highest BCUT2D eigenvalue weighted by Gasteiger charge is 2.35. The molecular formula is C21H25NO3. The van der Waals surface area contributed by atoms with Gasteiger partial charge in [-0.15, -0.1) is 0 Å². The third kappa shape index (κ3) is 3.85. The predicted molar refractivity (Wildman–Crippen MR) is 98.0 cm³/mol. The molecule has 0 radical (unpaired) electrons. The minimum atomic E-state index is -0.736. The Balaban J connectivity index is 2.07. The lowest BCUT2D eigenvalue weighted by atomic mass is 9.91. The maximum Gasteiger partial charge on any atom is 0.320 e. The standard InChI is InChI=1S/C21H25NO3/c1-15-9-11-16(12-10-15)20(17-6-5-7-18(14-17)25-2)22-13-4-3-8-19(22)21(23)24/h5-7,9-12,14,19-20H,3-4,8,13H2,1-2H3,(H,23,24). The predicted octanol–water partition coefficient (Wildman–Crippen LogP) is 4.03. The summed E-state index contributed by atoms with van der Waals surface area (Å²) in [6.07, 6.45) is 2.68. The van der Waals surface area contributed by atoms with Crippen LogP contribution in [0.25, 0.3) is 0 Å². The van der Waals surface area contributed by atoms with E-state index in [1.165, 1.54) is 5.56 Å². The number of carboxylic acids is 1. The summed E-state index contributed by atoms with van der Waals surface area (Å²) < 4.78 is 5.39. The summed E-state index contributed by atoms with van der Waals surface area (Å²) >= 11 is 0. The van der Waals surface area contributed by atoms with Crippen molar-refractivity contribution >= 4 is 5.97 Å². The van der Waals surface area contributed by atoms with Crippen LogP contribution >= 0.6 is 0 Å². The summed E-state index contributed by atoms with van der Waals surface area (Å²) in [6, 6.07) is 15.8. The van der Waals surface area contributed by atoms with Crippen molar-refractivity contribution in [2.75, 3.05) is 13.7 Å². The number of aliphatic carboxylic acids is 1. The summed E-state index contributed by atoms with van der Waals surface area (Å²) in [4.78, 5) is 14.0. The van der Waals surface area contributed by atoms with E-state index in [4.69, 9.17) is 4.74 Å². The topological polar surface area (TPSA) is 49.8 Å². The molecule has 3 rings (SSSR count). The summed E-state index contributed by atoms with van der Waals surface area (Å²) in [7, 11) is 1.65. The highest BCUT2D eigenvalue weighted by molar-refractivity contribution is 5.73. The van der Waals surface area contributed by atoms with Gasteiger partial charge in [0.25, 0.3) is 0 Å². The number of benzene rings is 2. The molecule has 0 aromatic heterocycles. The van der Waals surface area contributed by atoms with Gasteiger partial charge in [0.2, 0.25) is 0 Å². The van der Waals surface area contributed by atoms with Gasteiger partial charge < -0.3 is 9.84 Å². The molecule has 1 saturated heterocycles. The zero-order valence-corrected chi connectivity index (χ0v) is 14.8. The molecule has 0 spiro atoms. The minimum Gasteiger partial charge on any atom is -0.497 e. The van der Waals surface area contributed by atoms with Crippen LogP contribution in [-0.2, 0) is 4.79 Å². The molecule has 1 heterocycles. The fourth-order valence-electron chi connectivity index (χ4n) is 3.66. The van der Waals surface area contributed by atoms with Gasteiger partial charge >= 0.3 is 5.97 Å². The van der Waals surface area contributed by atoms with Crippen molar-refractivity contribution in [1.82, 2.24) is 4.90 Å². The Kier molecular flexibility index (Phi) is 5.39. The van der Waals surface area contributed by atoms with E-state index in [2.05, 4.69) is 42.2 Å². The molecule has 4 heteroatoms. The van der Waals surface area contributed by atoms with E-state index in [-0.39, 0.29) is 6.04 Å². The summed E-state index contributed by atoms with van der Waals surface area (Å²) in [5.74, 6) is 0.0539. The minimum absolute atomic E-state index is 0.0860. The van der Waals surface area contributed by atoms with Crippen LogP contribution in [0, 0.1) is 6.92 Å². The van der Waals surface area contributed by atoms with Crippen molar-refractivity contribution in [3.05, 3.63) is 65.2 Å². The Morgan fingerprint density at radius 3 is 2.60 bits per heavy atom. The number of piperidine rings is 1. The first-order valence-electron chi connectivity index (χ1n) is 8.79. The van der Waals surface area contributed by atoms with Crippen molar-refractivity contribution in [2.45, 2.75) is 38.3 Å². The van der Waals surface area contributed by atoms with E-state index >= 15 is 0 Å². The molecule has 2 aromatic rings. The number of hydrogen-bond acceptors (Lipinski definition) is 3. The summed E-state index contributed by atoms with van der Waals surface area (Å²) in [5, 5.41) is 9.73. The smallest absolute Gasteiger partial charge is 0.320 e. The van der Waals surface area contributed by atoms with Gasteiger partial charge in [-0.05, 0) is 49.6 Å². The number of ether oxygens (including phenoxy) is 1. The molecule has 1 fully saturated rings. The first-order chi connectivity index (χ1) is 12.1. The monoisotopic (exact) mass is 339 g/mol. The normalized spacial score (nSPS) is 19.4. The van der Waals surface area contributed by atoms with Gasteiger partial charge in [-0.3, -0.25) is 9.69 Å². The van der Waals surface area contributed by atoms with E-state index in [9.17, 15) is 9.90 Å². The van der Waals surface area contributed by atoms with Gasteiger partial charge in [0.1, 0.15) is 11.8 Å². The summed E-state index contributed by atoms with van der Waals surface area (Å²) in [5.41, 5.74) is 3.38. The second-order valence-corrected chi connectivity index (χ2v) is 6.68. The highest BCUT2D eigenvalue weighted by Crippen LogP contribution is 2.35. The number of carboxylic acid groups (broad SMARTS) is 1. The van der Waals surface area contributed by atoms with Crippen molar-refractivity contribution in [1.29, 1.82) is 0 Å². The molecule has 0 saturated carbocycles. The SMILES string of the molecule is COc1cccc(C(c2ccc(C)cc2)N2CCCCC2C(=O)O)c1. The fourth-order valence-corrected chi connectivity index (χ4v) is 3.66. The molecule has 1 N–H and O–H groups in total. The van der Waals surface area contributed by atoms with Crippen LogP contribution in [0.15, 0.2) is 48.5 Å². The zero-order chi connectivity index (χ0) is 17.8. The molecule has 2 atom stereocenters. The van der Waals surface area contributed by atoms with Gasteiger partial charge in [0, 0.05) is 0 Å². The highest BCUT2D eigenvalue weighted by atomic mass is 16.5. The van der Waals surface area contributed by atoms with Gasteiger partial charge in [-0.2, -0.15) is 0 Å². The second kappa shape index (κ2) is 7.70. The Hall–Kier alpha value is -2.33. The van der Waals surface area contributed by atoms with Crippen LogP contribution in [0.1, 0.15) is 42.0 Å². The van der Waals surface area contributed by atoms with Crippen LogP contribution < -0.4 is 4.74 Å². The molecule has 1 aliphatic heterocycles. The first kappa shape index (κ1) is 17.5. The Morgan fingerprint density at radius 2 is 1.92 bits per heavy atom. The number of carbonyl (C=O) groups is 1. The molecule has 0 aliphatic carbocycles. The van der Waals surface area contributed by atoms with Crippen LogP contribution in [0.4, 0.5) is 0 Å². The number of methoxy groups -OCH3 is 1. The maximum absolute atomic E-state index is 11.8. The van der Waals surface area contributed by atoms with Gasteiger partial charge in [0.05, 0.1) is 13.2 Å². The lowest BCUT2D eigenvalue weighted by molar-refractivity contribution is -0.145. The average Bonchev–Trinajstić information content (AvgIpc) is 2.64. The number of rotatable bonds is 5. The average molecular weight is 339 g/mol. The molecule has 2 aromatic carbocycles. The lowest BCUT2D eigenvalue weighted by Crippen LogP contribution is -2.46. The lowest BCUT2D eigenvalue weighted by Gasteiger charge is -2.39. The van der Waals surface area contributed by atoms with E-state index in [1.807, 2.05) is 18.2 Å². The van der Waals surface area contributed by atoms with Crippen LogP contribution in [0.5, 0.6) is 5.75 Å². The fraction of sp³-hybridized carbons (Fsp3) is 0.381. The van der Waals surface area contributed by atoms with Crippen LogP contribution in [-0.4, -0.2) is 35.7 Å². The Bertz CT molecular complexity index is 726. The van der Waals surface area contributed by atoms with Crippen molar-refractivity contribution < 1.29 is 14.6 Å². The van der Waals surface area contributed by atoms with Gasteiger partial charge in [0.15, 0.2) is 0 Å². The molecule has 4 nitrogen and oxygen atoms in total. The molecule has 2 unspecified atom stereocenters. The molecule has 132 valence electrons. The number of hydrogen-bond donors (Lipinski definition) is 1. The van der Waals surface area contributed by atoms with Gasteiger partial charge in [-0.25, -0.2) is 0 Å². The molecular weight excluding hydrogens is 314 g/mol. The van der Waals surface area contributed by atoms with E-state index < -0.39 is 12.0 Å². The molecule has 1 aliphatic rings. The molecule has 0 amide bonds. The third-order valence-corrected chi connectivity index (χ3v) is 4.96. The van der Waals surface area contributed by atoms with E-state index in [0.717, 1.165) is 36.3 Å². The van der Waals surface area contributed by atoms with E-state index in [1.54, 1.807) is 7.11 Å². The largest absolute Gasteiger partial charge is 0.497 e. The van der Waals surface area contributed by atoms with E-state index in [0.29, 0.717) is 6.42 Å². The van der Waals surface area contributed by atoms with Crippen molar-refractivity contribution in [3.8, 4) is 5.75 Å². The maximum atomic E-state index is 11.8. The van der Waals surface area contributed by atoms with Crippen LogP contribution in [0.2, 0.25) is 0 Å². The summed E-state index contributed by atoms with van der Waals surface area (Å²) in [6.45, 7) is 2.85. The third-order valence-electron chi connectivity index (χ3n) is 4.96. The molecule has 25 heavy (non-hydrogen) atoms. The second-order valence-electron chi connectivity index (χ2n) is 6.68. The van der Waals surface area contributed by atoms with Crippen molar-refractivity contribution in [2.24, 2.45) is 0 Å². The Morgan fingerprint density at radius 1 is 1.16 bits per heavy atom. The van der Waals surface area contributed by atoms with Gasteiger partial charge in [-0.1, -0.05) is 48.4 Å². The Labute approximate surface area is 149 Å². The van der Waals surface area contributed by atoms with Crippen molar-refractivity contribution in [3.63, 3.8) is 0 Å². The number of likely N-dealkylation sites (tertiary alicyclic amines) is 1. The van der Waals surface area contributed by atoms with Crippen LogP contribution in [0.3, 0.4) is 0 Å². The molecule has 0 bridgehead atoms.